The van der Waals surface area contributed by atoms with Crippen molar-refractivity contribution in [3.05, 3.63) is 75.9 Å². The smallest absolute Gasteiger partial charge is 0.258 e. The number of benzene rings is 2. The maximum Gasteiger partial charge on any atom is 0.258 e. The van der Waals surface area contributed by atoms with Gasteiger partial charge < -0.3 is 5.32 Å². The first-order valence-corrected chi connectivity index (χ1v) is 10.8. The maximum atomic E-state index is 14.0. The van der Waals surface area contributed by atoms with Gasteiger partial charge in [-0.2, -0.15) is 5.10 Å². The lowest BCUT2D eigenvalue weighted by Crippen LogP contribution is -2.23. The van der Waals surface area contributed by atoms with Crippen LogP contribution >= 0.6 is 11.6 Å². The predicted molar refractivity (Wildman–Crippen MR) is 113 cm³/mol. The van der Waals surface area contributed by atoms with Crippen LogP contribution in [0.15, 0.2) is 47.5 Å². The molecule has 0 unspecified atom stereocenters. The number of aromatic nitrogens is 2. The third-order valence-electron chi connectivity index (χ3n) is 4.54. The molecule has 0 aliphatic carbocycles. The molecule has 0 radical (unpaired) electrons. The van der Waals surface area contributed by atoms with Crippen LogP contribution in [0.4, 0.5) is 14.6 Å². The van der Waals surface area contributed by atoms with Gasteiger partial charge in [0.25, 0.3) is 5.91 Å². The molecule has 1 amide bonds. The number of hydrogen-bond donors (Lipinski definition) is 1. The summed E-state index contributed by atoms with van der Waals surface area (Å²) in [4.78, 5) is 12.8. The van der Waals surface area contributed by atoms with Crippen molar-refractivity contribution in [3.8, 4) is 0 Å². The Morgan fingerprint density at radius 3 is 2.58 bits per heavy atom. The molecule has 3 rings (SSSR count). The molecule has 164 valence electrons. The zero-order valence-corrected chi connectivity index (χ0v) is 18.4. The van der Waals surface area contributed by atoms with E-state index in [2.05, 4.69) is 10.4 Å². The predicted octanol–water partition coefficient (Wildman–Crippen LogP) is 3.67. The summed E-state index contributed by atoms with van der Waals surface area (Å²) >= 11 is 6.13. The van der Waals surface area contributed by atoms with Gasteiger partial charge in [-0.15, -0.1) is 0 Å². The van der Waals surface area contributed by atoms with E-state index >= 15 is 0 Å². The molecule has 0 saturated heterocycles. The van der Waals surface area contributed by atoms with E-state index in [-0.39, 0.29) is 33.4 Å². The van der Waals surface area contributed by atoms with Gasteiger partial charge in [0.1, 0.15) is 17.5 Å². The fourth-order valence-electron chi connectivity index (χ4n) is 2.81. The van der Waals surface area contributed by atoms with Gasteiger partial charge in [0.05, 0.1) is 28.2 Å². The van der Waals surface area contributed by atoms with Crippen molar-refractivity contribution in [1.82, 2.24) is 14.1 Å². The highest BCUT2D eigenvalue weighted by Crippen LogP contribution is 2.24. The lowest BCUT2D eigenvalue weighted by molar-refractivity contribution is 0.102. The van der Waals surface area contributed by atoms with Crippen LogP contribution in [0.25, 0.3) is 0 Å². The SMILES string of the molecule is Cc1cnn(Cc2cc(F)ccc2F)c1NC(=O)c1cc(S(=O)(=O)N(C)C)ccc1Cl. The van der Waals surface area contributed by atoms with Gasteiger partial charge in [-0.3, -0.25) is 4.79 Å². The summed E-state index contributed by atoms with van der Waals surface area (Å²) in [6, 6.07) is 6.86. The number of aryl methyl sites for hydroxylation is 1. The summed E-state index contributed by atoms with van der Waals surface area (Å²) in [6.45, 7) is 1.55. The van der Waals surface area contributed by atoms with Gasteiger partial charge in [0.2, 0.25) is 10.0 Å². The second-order valence-corrected chi connectivity index (χ2v) is 9.51. The normalized spacial score (nSPS) is 11.7. The highest BCUT2D eigenvalue weighted by atomic mass is 35.5. The average Bonchev–Trinajstić information content (AvgIpc) is 3.04. The Morgan fingerprint density at radius 2 is 1.90 bits per heavy atom. The minimum Gasteiger partial charge on any atom is -0.306 e. The number of nitrogens with one attached hydrogen (secondary N) is 1. The number of hydrogen-bond acceptors (Lipinski definition) is 4. The van der Waals surface area contributed by atoms with E-state index in [1.54, 1.807) is 6.92 Å². The summed E-state index contributed by atoms with van der Waals surface area (Å²) in [5, 5.41) is 6.79. The lowest BCUT2D eigenvalue weighted by Gasteiger charge is -2.14. The van der Waals surface area contributed by atoms with Gasteiger partial charge >= 0.3 is 0 Å². The molecule has 0 spiro atoms. The zero-order valence-electron chi connectivity index (χ0n) is 16.9. The Bertz CT molecular complexity index is 1260. The number of anilines is 1. The summed E-state index contributed by atoms with van der Waals surface area (Å²) in [5.74, 6) is -1.65. The zero-order chi connectivity index (χ0) is 22.9. The maximum absolute atomic E-state index is 14.0. The van der Waals surface area contributed by atoms with E-state index in [9.17, 15) is 22.0 Å². The molecule has 11 heteroatoms. The Morgan fingerprint density at radius 1 is 1.19 bits per heavy atom. The van der Waals surface area contributed by atoms with Crippen LogP contribution < -0.4 is 5.32 Å². The minimum absolute atomic E-state index is 0.0510. The van der Waals surface area contributed by atoms with E-state index < -0.39 is 27.6 Å². The fraction of sp³-hybridized carbons (Fsp3) is 0.200. The summed E-state index contributed by atoms with van der Waals surface area (Å²) in [5.41, 5.74) is 0.558. The number of sulfonamides is 1. The molecule has 0 aliphatic heterocycles. The quantitative estimate of drug-likeness (QED) is 0.598. The van der Waals surface area contributed by atoms with Crippen molar-refractivity contribution in [2.75, 3.05) is 19.4 Å². The number of halogens is 3. The van der Waals surface area contributed by atoms with Gasteiger partial charge in [0, 0.05) is 25.2 Å². The molecule has 1 aromatic heterocycles. The third kappa shape index (κ3) is 4.76. The summed E-state index contributed by atoms with van der Waals surface area (Å²) < 4.78 is 54.6. The number of nitrogens with zero attached hydrogens (tertiary/aromatic N) is 3. The second-order valence-electron chi connectivity index (χ2n) is 6.95. The molecule has 2 aromatic carbocycles. The van der Waals surface area contributed by atoms with E-state index in [0.717, 1.165) is 22.5 Å². The standard InChI is InChI=1S/C20H19ClF2N4O3S/c1-12-10-24-27(11-13-8-14(22)4-7-18(13)23)19(12)25-20(28)16-9-15(5-6-17(16)21)31(29,30)26(2)3/h4-10H,11H2,1-3H3,(H,25,28). The van der Waals surface area contributed by atoms with Crippen LogP contribution in [-0.4, -0.2) is 42.5 Å². The number of carbonyl (C=O) groups is 1. The first kappa shape index (κ1) is 22.9. The van der Waals surface area contributed by atoms with Crippen molar-refractivity contribution < 1.29 is 22.0 Å². The number of amides is 1. The average molecular weight is 469 g/mol. The monoisotopic (exact) mass is 468 g/mol. The molecule has 0 saturated carbocycles. The first-order chi connectivity index (χ1) is 14.5. The largest absolute Gasteiger partial charge is 0.306 e. The van der Waals surface area contributed by atoms with Gasteiger partial charge in [0.15, 0.2) is 0 Å². The molecular formula is C20H19ClF2N4O3S. The Hall–Kier alpha value is -2.82. The summed E-state index contributed by atoms with van der Waals surface area (Å²) in [6.07, 6.45) is 1.46. The fourth-order valence-corrected chi connectivity index (χ4v) is 3.94. The Balaban J connectivity index is 1.93. The Kier molecular flexibility index (Phi) is 6.44. The lowest BCUT2D eigenvalue weighted by atomic mass is 10.2. The molecule has 1 heterocycles. The van der Waals surface area contributed by atoms with Gasteiger partial charge in [-0.05, 0) is 43.3 Å². The molecule has 0 atom stereocenters. The van der Waals surface area contributed by atoms with Crippen molar-refractivity contribution in [2.45, 2.75) is 18.4 Å². The van der Waals surface area contributed by atoms with Crippen LogP contribution in [0.2, 0.25) is 5.02 Å². The van der Waals surface area contributed by atoms with E-state index in [1.165, 1.54) is 43.2 Å². The molecule has 31 heavy (non-hydrogen) atoms. The first-order valence-electron chi connectivity index (χ1n) is 9.00. The highest BCUT2D eigenvalue weighted by Gasteiger charge is 2.22. The Labute approximate surface area is 183 Å². The van der Waals surface area contributed by atoms with Crippen molar-refractivity contribution in [2.24, 2.45) is 0 Å². The molecule has 7 nitrogen and oxygen atoms in total. The number of carbonyl (C=O) groups excluding carboxylic acids is 1. The molecule has 0 fully saturated rings. The van der Waals surface area contributed by atoms with Crippen LogP contribution in [-0.2, 0) is 16.6 Å². The third-order valence-corrected chi connectivity index (χ3v) is 6.68. The topological polar surface area (TPSA) is 84.3 Å². The summed E-state index contributed by atoms with van der Waals surface area (Å²) in [7, 11) is -1.03. The van der Waals surface area contributed by atoms with Crippen LogP contribution in [0.3, 0.4) is 0 Å². The molecule has 3 aromatic rings. The minimum atomic E-state index is -3.78. The highest BCUT2D eigenvalue weighted by molar-refractivity contribution is 7.89. The molecular weight excluding hydrogens is 450 g/mol. The van der Waals surface area contributed by atoms with Crippen molar-refractivity contribution >= 4 is 33.3 Å². The van der Waals surface area contributed by atoms with Crippen LogP contribution in [0, 0.1) is 18.6 Å². The second kappa shape index (κ2) is 8.74. The van der Waals surface area contributed by atoms with E-state index in [1.807, 2.05) is 0 Å². The van der Waals surface area contributed by atoms with E-state index in [0.29, 0.717) is 5.56 Å². The number of rotatable bonds is 6. The van der Waals surface area contributed by atoms with Gasteiger partial charge in [-0.1, -0.05) is 11.6 Å². The van der Waals surface area contributed by atoms with Crippen molar-refractivity contribution in [1.29, 1.82) is 0 Å². The van der Waals surface area contributed by atoms with Gasteiger partial charge in [-0.25, -0.2) is 26.2 Å². The van der Waals surface area contributed by atoms with Crippen molar-refractivity contribution in [3.63, 3.8) is 0 Å². The molecule has 0 bridgehead atoms. The van der Waals surface area contributed by atoms with E-state index in [4.69, 9.17) is 11.6 Å². The van der Waals surface area contributed by atoms with Crippen LogP contribution in [0.5, 0.6) is 0 Å². The van der Waals surface area contributed by atoms with Crippen LogP contribution in [0.1, 0.15) is 21.5 Å². The molecule has 0 aliphatic rings. The molecule has 1 N–H and O–H groups in total.